The van der Waals surface area contributed by atoms with Crippen LogP contribution in [-0.4, -0.2) is 31.6 Å². The molecule has 0 aliphatic heterocycles. The van der Waals surface area contributed by atoms with Crippen molar-refractivity contribution in [3.63, 3.8) is 0 Å². The van der Waals surface area contributed by atoms with E-state index in [1.807, 2.05) is 0 Å². The van der Waals surface area contributed by atoms with Crippen LogP contribution in [0.2, 0.25) is 0 Å². The molecule has 0 saturated heterocycles. The zero-order valence-corrected chi connectivity index (χ0v) is 21.1. The first-order valence-corrected chi connectivity index (χ1v) is 12.3. The van der Waals surface area contributed by atoms with Crippen LogP contribution in [0.3, 0.4) is 0 Å². The number of phenolic OH excluding ortho intramolecular Hbond substituents is 2. The maximum absolute atomic E-state index is 13.2. The predicted octanol–water partition coefficient (Wildman–Crippen LogP) is 0.583. The van der Waals surface area contributed by atoms with Crippen molar-refractivity contribution in [3.05, 3.63) is 90.0 Å². The van der Waals surface area contributed by atoms with Gasteiger partial charge in [0.1, 0.15) is 21.6 Å². The van der Waals surface area contributed by atoms with Crippen LogP contribution in [0, 0.1) is 0 Å². The number of rotatable bonds is 5. The third-order valence-corrected chi connectivity index (χ3v) is 7.85. The Hall–Kier alpha value is -2.40. The third-order valence-electron chi connectivity index (χ3n) is 5.06. The maximum Gasteiger partial charge on any atom is 1.00 e. The molecule has 4 aromatic carbocycles. The van der Waals surface area contributed by atoms with Crippen molar-refractivity contribution >= 4 is 30.7 Å². The SMILES string of the molecule is O=S(=O)([O-])c1cc2ccccc2cc1Cc1cc(O)ccc1S(=O)(=O)c1ccc(O)cc1.[Na+]. The van der Waals surface area contributed by atoms with Gasteiger partial charge in [-0.3, -0.25) is 0 Å². The quantitative estimate of drug-likeness (QED) is 0.308. The topological polar surface area (TPSA) is 132 Å². The molecule has 0 atom stereocenters. The van der Waals surface area contributed by atoms with E-state index in [4.69, 9.17) is 0 Å². The minimum absolute atomic E-state index is 0. The zero-order chi connectivity index (χ0) is 23.1. The Kier molecular flexibility index (Phi) is 7.23. The Morgan fingerprint density at radius 1 is 0.667 bits per heavy atom. The van der Waals surface area contributed by atoms with E-state index in [1.165, 1.54) is 54.6 Å². The summed E-state index contributed by atoms with van der Waals surface area (Å²) in [5, 5.41) is 20.7. The molecule has 0 amide bonds. The second-order valence-corrected chi connectivity index (χ2v) is 10.5. The van der Waals surface area contributed by atoms with Gasteiger partial charge in [-0.15, -0.1) is 0 Å². The van der Waals surface area contributed by atoms with Crippen LogP contribution in [0.5, 0.6) is 11.5 Å². The molecule has 10 heteroatoms. The molecular weight excluding hydrogens is 475 g/mol. The normalized spacial score (nSPS) is 11.8. The summed E-state index contributed by atoms with van der Waals surface area (Å²) < 4.78 is 62.3. The van der Waals surface area contributed by atoms with Crippen LogP contribution in [0.4, 0.5) is 0 Å². The molecule has 164 valence electrons. The number of aromatic hydroxyl groups is 2. The van der Waals surface area contributed by atoms with E-state index >= 15 is 0 Å². The van der Waals surface area contributed by atoms with Crippen molar-refractivity contribution in [3.8, 4) is 11.5 Å². The molecule has 0 aliphatic carbocycles. The summed E-state index contributed by atoms with van der Waals surface area (Å²) in [6.45, 7) is 0. The third kappa shape index (κ3) is 5.24. The van der Waals surface area contributed by atoms with Crippen molar-refractivity contribution in [1.29, 1.82) is 0 Å². The molecule has 0 fully saturated rings. The summed E-state index contributed by atoms with van der Waals surface area (Å²) in [5.41, 5.74) is 0.240. The van der Waals surface area contributed by atoms with E-state index < -0.39 is 24.9 Å². The largest absolute Gasteiger partial charge is 1.00 e. The van der Waals surface area contributed by atoms with Crippen LogP contribution >= 0.6 is 0 Å². The fourth-order valence-electron chi connectivity index (χ4n) is 3.56. The Labute approximate surface area is 213 Å². The minimum Gasteiger partial charge on any atom is -0.744 e. The van der Waals surface area contributed by atoms with Gasteiger partial charge in [-0.25, -0.2) is 16.8 Å². The van der Waals surface area contributed by atoms with Crippen molar-refractivity contribution in [2.24, 2.45) is 0 Å². The first kappa shape index (κ1) is 25.2. The van der Waals surface area contributed by atoms with Crippen LogP contribution < -0.4 is 29.6 Å². The molecule has 0 aliphatic rings. The summed E-state index contributed by atoms with van der Waals surface area (Å²) in [5.74, 6) is -0.312. The first-order chi connectivity index (χ1) is 15.1. The molecule has 0 heterocycles. The summed E-state index contributed by atoms with van der Waals surface area (Å²) in [4.78, 5) is -0.687. The van der Waals surface area contributed by atoms with Crippen LogP contribution in [0.1, 0.15) is 11.1 Å². The molecule has 0 unspecified atom stereocenters. The Balaban J connectivity index is 0.00000306. The molecule has 4 rings (SSSR count). The molecule has 2 N–H and O–H groups in total. The van der Waals surface area contributed by atoms with Crippen molar-refractivity contribution in [2.75, 3.05) is 0 Å². The van der Waals surface area contributed by atoms with Crippen LogP contribution in [0.15, 0.2) is 93.5 Å². The van der Waals surface area contributed by atoms with E-state index in [0.717, 1.165) is 0 Å². The zero-order valence-electron chi connectivity index (χ0n) is 17.5. The molecule has 0 radical (unpaired) electrons. The second kappa shape index (κ2) is 9.46. The number of hydrogen-bond acceptors (Lipinski definition) is 7. The number of phenols is 2. The Bertz CT molecular complexity index is 1550. The standard InChI is InChI=1S/C23H18O7S2.Na/c24-19-5-8-21(9-6-19)31(26,27)22-10-7-20(25)13-18(22)12-17-11-15-3-1-2-4-16(15)14-23(17)32(28,29)30;/h1-11,13-14,24-25H,12H2,(H,28,29,30);/q;+1/p-1. The molecular formula is C23H17NaO7S2. The van der Waals surface area contributed by atoms with Gasteiger partial charge in [0.2, 0.25) is 9.84 Å². The van der Waals surface area contributed by atoms with E-state index in [9.17, 15) is 31.6 Å². The molecule has 4 aromatic rings. The van der Waals surface area contributed by atoms with Gasteiger partial charge in [-0.1, -0.05) is 24.3 Å². The van der Waals surface area contributed by atoms with Crippen molar-refractivity contribution in [2.45, 2.75) is 21.1 Å². The fraction of sp³-hybridized carbons (Fsp3) is 0.0435. The molecule has 0 bridgehead atoms. The minimum atomic E-state index is -4.85. The summed E-state index contributed by atoms with van der Waals surface area (Å²) in [6.07, 6.45) is -0.220. The van der Waals surface area contributed by atoms with Crippen molar-refractivity contribution < 1.29 is 61.2 Å². The molecule has 33 heavy (non-hydrogen) atoms. The van der Waals surface area contributed by atoms with E-state index in [0.29, 0.717) is 10.8 Å². The number of sulfone groups is 1. The van der Waals surface area contributed by atoms with Gasteiger partial charge in [0.15, 0.2) is 0 Å². The van der Waals surface area contributed by atoms with Gasteiger partial charge in [-0.2, -0.15) is 0 Å². The predicted molar refractivity (Wildman–Crippen MR) is 116 cm³/mol. The maximum atomic E-state index is 13.2. The second-order valence-electron chi connectivity index (χ2n) is 7.23. The monoisotopic (exact) mass is 492 g/mol. The van der Waals surface area contributed by atoms with Gasteiger partial charge in [-0.05, 0) is 76.5 Å². The van der Waals surface area contributed by atoms with Crippen molar-refractivity contribution in [1.82, 2.24) is 0 Å². The van der Waals surface area contributed by atoms with Gasteiger partial charge in [0, 0.05) is 6.42 Å². The molecule has 0 aromatic heterocycles. The number of benzene rings is 4. The smallest absolute Gasteiger partial charge is 0.744 e. The van der Waals surface area contributed by atoms with Crippen LogP contribution in [0.25, 0.3) is 10.8 Å². The molecule has 0 spiro atoms. The summed E-state index contributed by atoms with van der Waals surface area (Å²) >= 11 is 0. The molecule has 0 saturated carbocycles. The Morgan fingerprint density at radius 2 is 1.21 bits per heavy atom. The summed E-state index contributed by atoms with van der Waals surface area (Å²) in [7, 11) is -8.91. The Morgan fingerprint density at radius 3 is 1.82 bits per heavy atom. The van der Waals surface area contributed by atoms with Gasteiger partial charge >= 0.3 is 29.6 Å². The fourth-order valence-corrected chi connectivity index (χ4v) is 5.76. The van der Waals surface area contributed by atoms with Gasteiger partial charge in [0.25, 0.3) is 0 Å². The first-order valence-electron chi connectivity index (χ1n) is 9.39. The van der Waals surface area contributed by atoms with Crippen LogP contribution in [-0.2, 0) is 26.4 Å². The van der Waals surface area contributed by atoms with E-state index in [2.05, 4.69) is 0 Å². The van der Waals surface area contributed by atoms with E-state index in [1.54, 1.807) is 24.3 Å². The van der Waals surface area contributed by atoms with Gasteiger partial charge < -0.3 is 14.8 Å². The van der Waals surface area contributed by atoms with Gasteiger partial charge in [0.05, 0.1) is 14.7 Å². The van der Waals surface area contributed by atoms with E-state index in [-0.39, 0.29) is 68.4 Å². The average Bonchev–Trinajstić information content (AvgIpc) is 2.73. The summed E-state index contributed by atoms with van der Waals surface area (Å²) in [6, 6.07) is 18.3. The average molecular weight is 493 g/mol. The molecule has 7 nitrogen and oxygen atoms in total. The number of hydrogen-bond donors (Lipinski definition) is 2. The number of fused-ring (bicyclic) bond motifs is 1.